The zero-order valence-corrected chi connectivity index (χ0v) is 22.3. The van der Waals surface area contributed by atoms with Gasteiger partial charge in [-0.1, -0.05) is 43.5 Å². The first-order valence-electron chi connectivity index (χ1n) is 12.5. The van der Waals surface area contributed by atoms with E-state index in [4.69, 9.17) is 0 Å². The van der Waals surface area contributed by atoms with Gasteiger partial charge in [-0.25, -0.2) is 17.9 Å². The summed E-state index contributed by atoms with van der Waals surface area (Å²) in [7, 11) is -0.525. The number of carboxylic acid groups (broad SMARTS) is 1. The van der Waals surface area contributed by atoms with E-state index in [0.717, 1.165) is 18.4 Å². The van der Waals surface area contributed by atoms with Crippen molar-refractivity contribution in [3.8, 4) is 5.75 Å². The third kappa shape index (κ3) is 6.47. The maximum Gasteiger partial charge on any atom is 0.339 e. The zero-order chi connectivity index (χ0) is 27.5. The van der Waals surface area contributed by atoms with Crippen LogP contribution in [0.1, 0.15) is 59.5 Å². The van der Waals surface area contributed by atoms with Crippen molar-refractivity contribution in [1.82, 2.24) is 4.72 Å². The Morgan fingerprint density at radius 3 is 2.34 bits per heavy atom. The fourth-order valence-corrected chi connectivity index (χ4v) is 5.79. The Morgan fingerprint density at radius 1 is 1.08 bits per heavy atom. The molecule has 2 aromatic carbocycles. The normalized spacial score (nSPS) is 17.3. The molecule has 0 atom stereocenters. The van der Waals surface area contributed by atoms with Crippen LogP contribution in [-0.2, 0) is 21.4 Å². The molecule has 3 N–H and O–H groups in total. The first-order valence-corrected chi connectivity index (χ1v) is 14.0. The number of phenols is 1. The number of aromatic hydroxyl groups is 1. The van der Waals surface area contributed by atoms with Crippen LogP contribution < -0.4 is 9.62 Å². The number of carbonyl (C=O) groups excluding carboxylic acids is 1. The monoisotopic (exact) mass is 541 g/mol. The molecule has 0 unspecified atom stereocenters. The van der Waals surface area contributed by atoms with E-state index in [2.05, 4.69) is 21.8 Å². The summed E-state index contributed by atoms with van der Waals surface area (Å²) in [5.41, 5.74) is 2.01. The van der Waals surface area contributed by atoms with Crippen LogP contribution >= 0.6 is 0 Å². The molecule has 4 rings (SSSR count). The summed E-state index contributed by atoms with van der Waals surface area (Å²) in [5, 5.41) is 19.3. The van der Waals surface area contributed by atoms with Crippen LogP contribution in [0.4, 0.5) is 5.69 Å². The van der Waals surface area contributed by atoms with Gasteiger partial charge >= 0.3 is 5.97 Å². The van der Waals surface area contributed by atoms with E-state index in [1.807, 2.05) is 12.1 Å². The summed E-state index contributed by atoms with van der Waals surface area (Å²) in [6.07, 6.45) is 8.95. The third-order valence-electron chi connectivity index (χ3n) is 6.84. The van der Waals surface area contributed by atoms with Gasteiger partial charge in [0.25, 0.3) is 10.0 Å². The quantitative estimate of drug-likeness (QED) is 0.416. The van der Waals surface area contributed by atoms with Crippen molar-refractivity contribution >= 4 is 33.9 Å². The Bertz CT molecular complexity index is 1380. The molecule has 202 valence electrons. The Hall–Kier alpha value is -3.54. The summed E-state index contributed by atoms with van der Waals surface area (Å²) < 4.78 is 27.9. The number of anilines is 1. The second-order valence-electron chi connectivity index (χ2n) is 10.2. The number of quaternary nitrogens is 1. The summed E-state index contributed by atoms with van der Waals surface area (Å²) in [5.74, 6) is -1.85. The van der Waals surface area contributed by atoms with Crippen molar-refractivity contribution in [2.45, 2.75) is 44.6 Å². The second kappa shape index (κ2) is 11.1. The first-order chi connectivity index (χ1) is 17.9. The molecule has 1 saturated carbocycles. The van der Waals surface area contributed by atoms with Gasteiger partial charge in [-0.15, -0.1) is 0 Å². The Balaban J connectivity index is 1.56. The molecule has 2 aliphatic rings. The van der Waals surface area contributed by atoms with E-state index < -0.39 is 34.2 Å². The fourth-order valence-electron chi connectivity index (χ4n) is 4.73. The third-order valence-corrected chi connectivity index (χ3v) is 8.12. The van der Waals surface area contributed by atoms with Gasteiger partial charge in [0.15, 0.2) is 6.34 Å². The number of amides is 1. The van der Waals surface area contributed by atoms with Crippen molar-refractivity contribution < 1.29 is 32.7 Å². The molecular formula is C27H33N4O6S+. The molecular weight excluding hydrogens is 508 g/mol. The molecule has 0 aromatic heterocycles. The van der Waals surface area contributed by atoms with Crippen LogP contribution in [0, 0.1) is 0 Å². The summed E-state index contributed by atoms with van der Waals surface area (Å²) in [6, 6.07) is 11.8. The van der Waals surface area contributed by atoms with Crippen molar-refractivity contribution in [3.63, 3.8) is 0 Å². The smallest absolute Gasteiger partial charge is 0.339 e. The van der Waals surface area contributed by atoms with Crippen LogP contribution in [0.2, 0.25) is 0 Å². The standard InChI is InChI=1S/C27H32N4O6S/c1-31(2)17-25(28-18-31)38(36,37)29-15-26(33)30(22-12-13-23(27(34)35)24(32)14-22)16-19-8-10-21(11-9-19)20-6-4-3-5-7-20/h8-14,17-18,20,29H,3-7,15-16H2,1-2H3,(H-,32,34,35)/p+1. The lowest BCUT2D eigenvalue weighted by molar-refractivity contribution is -0.732. The number of rotatable bonds is 9. The van der Waals surface area contributed by atoms with Crippen molar-refractivity contribution in [3.05, 3.63) is 70.4 Å². The summed E-state index contributed by atoms with van der Waals surface area (Å²) in [6.45, 7) is -0.452. The molecule has 11 heteroatoms. The maximum absolute atomic E-state index is 13.3. The SMILES string of the molecule is C[N+]1(C)C=NC(S(=O)(=O)NCC(=O)N(Cc2ccc(C3CCCCC3)cc2)c2ccc(C(=O)O)c(O)c2)=C1. The number of benzene rings is 2. The highest BCUT2D eigenvalue weighted by molar-refractivity contribution is 7.93. The van der Waals surface area contributed by atoms with Crippen molar-refractivity contribution in [2.75, 3.05) is 25.5 Å². The van der Waals surface area contributed by atoms with Gasteiger partial charge in [-0.05, 0) is 42.0 Å². The molecule has 1 heterocycles. The topological polar surface area (TPSA) is 136 Å². The van der Waals surface area contributed by atoms with Gasteiger partial charge in [-0.2, -0.15) is 4.99 Å². The molecule has 10 nitrogen and oxygen atoms in total. The summed E-state index contributed by atoms with van der Waals surface area (Å²) in [4.78, 5) is 29.9. The number of aliphatic imine (C=N–C) groups is 1. The van der Waals surface area contributed by atoms with Crippen LogP contribution in [0.3, 0.4) is 0 Å². The fraction of sp³-hybridized carbons (Fsp3) is 0.370. The van der Waals surface area contributed by atoms with E-state index in [-0.39, 0.29) is 27.3 Å². The van der Waals surface area contributed by atoms with Crippen LogP contribution in [0.25, 0.3) is 0 Å². The van der Waals surface area contributed by atoms with E-state index in [9.17, 15) is 28.2 Å². The lowest BCUT2D eigenvalue weighted by Gasteiger charge is -2.25. The molecule has 0 saturated heterocycles. The van der Waals surface area contributed by atoms with Crippen LogP contribution in [0.15, 0.2) is 58.7 Å². The average Bonchev–Trinajstić information content (AvgIpc) is 3.27. The molecule has 1 aliphatic carbocycles. The predicted octanol–water partition coefficient (Wildman–Crippen LogP) is 3.51. The minimum atomic E-state index is -4.04. The highest BCUT2D eigenvalue weighted by atomic mass is 32.2. The number of carboxylic acids is 1. The molecule has 1 fully saturated rings. The highest BCUT2D eigenvalue weighted by Gasteiger charge is 2.29. The van der Waals surface area contributed by atoms with Gasteiger partial charge in [0, 0.05) is 11.8 Å². The minimum absolute atomic E-state index is 0.0993. The largest absolute Gasteiger partial charge is 0.507 e. The average molecular weight is 542 g/mol. The molecule has 38 heavy (non-hydrogen) atoms. The van der Waals surface area contributed by atoms with E-state index >= 15 is 0 Å². The molecule has 0 bridgehead atoms. The molecule has 1 aliphatic heterocycles. The maximum atomic E-state index is 13.3. The van der Waals surface area contributed by atoms with Crippen LogP contribution in [0.5, 0.6) is 5.75 Å². The van der Waals surface area contributed by atoms with Gasteiger partial charge in [0.2, 0.25) is 10.9 Å². The molecule has 2 aromatic rings. The number of carbonyl (C=O) groups is 2. The number of hydrogen-bond acceptors (Lipinski definition) is 6. The molecule has 0 spiro atoms. The second-order valence-corrected chi connectivity index (χ2v) is 11.9. The van der Waals surface area contributed by atoms with E-state index in [1.165, 1.54) is 60.5 Å². The first kappa shape index (κ1) is 27.5. The molecule has 1 amide bonds. The van der Waals surface area contributed by atoms with Gasteiger partial charge in [-0.3, -0.25) is 9.28 Å². The lowest BCUT2D eigenvalue weighted by Crippen LogP contribution is -2.40. The minimum Gasteiger partial charge on any atom is -0.507 e. The summed E-state index contributed by atoms with van der Waals surface area (Å²) >= 11 is 0. The van der Waals surface area contributed by atoms with E-state index in [0.29, 0.717) is 5.92 Å². The van der Waals surface area contributed by atoms with Crippen molar-refractivity contribution in [2.24, 2.45) is 4.99 Å². The number of aromatic carboxylic acids is 1. The number of nitrogens with one attached hydrogen (secondary N) is 1. The number of nitrogens with zero attached hydrogens (tertiary/aromatic N) is 3. The molecule has 0 radical (unpaired) electrons. The highest BCUT2D eigenvalue weighted by Crippen LogP contribution is 2.33. The van der Waals surface area contributed by atoms with Gasteiger partial charge in [0.1, 0.15) is 17.5 Å². The van der Waals surface area contributed by atoms with Crippen LogP contribution in [-0.4, -0.2) is 62.0 Å². The van der Waals surface area contributed by atoms with Gasteiger partial charge in [0.05, 0.1) is 27.2 Å². The zero-order valence-electron chi connectivity index (χ0n) is 21.5. The number of sulfonamides is 1. The Morgan fingerprint density at radius 2 is 1.76 bits per heavy atom. The van der Waals surface area contributed by atoms with E-state index in [1.54, 1.807) is 14.1 Å². The van der Waals surface area contributed by atoms with Crippen molar-refractivity contribution in [1.29, 1.82) is 0 Å². The Kier molecular flexibility index (Phi) is 8.00. The number of hydrogen-bond donors (Lipinski definition) is 3. The van der Waals surface area contributed by atoms with Gasteiger partial charge < -0.3 is 15.1 Å². The lowest BCUT2D eigenvalue weighted by atomic mass is 9.84. The predicted molar refractivity (Wildman–Crippen MR) is 144 cm³/mol. The Labute approximate surface area is 222 Å².